The Bertz CT molecular complexity index is 639. The fraction of sp³-hybridized carbons (Fsp3) is 0.214. The van der Waals surface area contributed by atoms with Gasteiger partial charge in [-0.05, 0) is 17.7 Å². The van der Waals surface area contributed by atoms with Crippen molar-refractivity contribution in [2.24, 2.45) is 0 Å². The highest BCUT2D eigenvalue weighted by molar-refractivity contribution is 5.98. The van der Waals surface area contributed by atoms with E-state index >= 15 is 0 Å². The number of aromatic nitrogens is 2. The van der Waals surface area contributed by atoms with Crippen molar-refractivity contribution in [3.05, 3.63) is 59.2 Å². The molecule has 0 aliphatic heterocycles. The molecule has 0 aliphatic rings. The lowest BCUT2D eigenvalue weighted by Gasteiger charge is -2.09. The summed E-state index contributed by atoms with van der Waals surface area (Å²) in [6, 6.07) is 4.74. The number of halogens is 3. The Balaban J connectivity index is 2.25. The molecule has 1 aromatic heterocycles. The van der Waals surface area contributed by atoms with E-state index in [2.05, 4.69) is 9.97 Å². The van der Waals surface area contributed by atoms with Crippen LogP contribution in [0, 0.1) is 5.41 Å². The molecule has 0 saturated heterocycles. The number of aliphatic hydroxyl groups is 1. The van der Waals surface area contributed by atoms with E-state index in [1.54, 1.807) is 0 Å². The highest BCUT2D eigenvalue weighted by atomic mass is 19.4. The lowest BCUT2D eigenvalue weighted by molar-refractivity contribution is -0.137. The number of aliphatic hydroxyl groups excluding tert-OH is 1. The molecule has 4 nitrogen and oxygen atoms in total. The van der Waals surface area contributed by atoms with Gasteiger partial charge >= 0.3 is 6.18 Å². The van der Waals surface area contributed by atoms with Crippen molar-refractivity contribution in [2.75, 3.05) is 6.61 Å². The molecule has 0 amide bonds. The van der Waals surface area contributed by atoms with E-state index in [9.17, 15) is 13.2 Å². The van der Waals surface area contributed by atoms with Crippen molar-refractivity contribution in [1.29, 1.82) is 5.41 Å². The topological polar surface area (TPSA) is 69.9 Å². The Morgan fingerprint density at radius 2 is 1.71 bits per heavy atom. The molecule has 0 aliphatic carbocycles. The lowest BCUT2D eigenvalue weighted by Crippen LogP contribution is -2.12. The van der Waals surface area contributed by atoms with Crippen LogP contribution in [0.4, 0.5) is 13.2 Å². The van der Waals surface area contributed by atoms with E-state index in [0.717, 1.165) is 12.1 Å². The maximum absolute atomic E-state index is 12.5. The van der Waals surface area contributed by atoms with Gasteiger partial charge in [0.15, 0.2) is 0 Å². The van der Waals surface area contributed by atoms with Gasteiger partial charge in [0.05, 0.1) is 23.6 Å². The summed E-state index contributed by atoms with van der Waals surface area (Å²) < 4.78 is 37.5. The molecular weight excluding hydrogens is 283 g/mol. The first kappa shape index (κ1) is 15.1. The first-order chi connectivity index (χ1) is 9.91. The normalized spacial score (nSPS) is 11.4. The zero-order valence-electron chi connectivity index (χ0n) is 10.9. The predicted octanol–water partition coefficient (Wildman–Crippen LogP) is 2.45. The van der Waals surface area contributed by atoms with Crippen LogP contribution in [0.2, 0.25) is 0 Å². The van der Waals surface area contributed by atoms with Crippen LogP contribution in [0.5, 0.6) is 0 Å². The van der Waals surface area contributed by atoms with Crippen molar-refractivity contribution in [2.45, 2.75) is 12.6 Å². The Morgan fingerprint density at radius 1 is 1.10 bits per heavy atom. The molecule has 2 N–H and O–H groups in total. The smallest absolute Gasteiger partial charge is 0.390 e. The molecule has 2 aromatic rings. The molecule has 0 saturated carbocycles. The van der Waals surface area contributed by atoms with Gasteiger partial charge in [-0.25, -0.2) is 0 Å². The number of nitrogens with zero attached hydrogens (tertiary/aromatic N) is 2. The van der Waals surface area contributed by atoms with E-state index in [4.69, 9.17) is 10.5 Å². The second-order valence-corrected chi connectivity index (χ2v) is 4.36. The Labute approximate surface area is 118 Å². The first-order valence-electron chi connectivity index (χ1n) is 6.06. The molecule has 1 aromatic carbocycles. The van der Waals surface area contributed by atoms with Crippen LogP contribution in [-0.2, 0) is 12.6 Å². The molecule has 21 heavy (non-hydrogen) atoms. The van der Waals surface area contributed by atoms with Crippen molar-refractivity contribution >= 4 is 5.71 Å². The average molecular weight is 295 g/mol. The van der Waals surface area contributed by atoms with Gasteiger partial charge in [-0.15, -0.1) is 0 Å². The molecule has 110 valence electrons. The van der Waals surface area contributed by atoms with Crippen LogP contribution >= 0.6 is 0 Å². The molecule has 0 radical (unpaired) electrons. The van der Waals surface area contributed by atoms with Gasteiger partial charge in [-0.3, -0.25) is 9.97 Å². The Hall–Kier alpha value is -2.28. The summed E-state index contributed by atoms with van der Waals surface area (Å²) in [5.41, 5.74) is 0.519. The van der Waals surface area contributed by atoms with E-state index in [0.29, 0.717) is 11.3 Å². The minimum absolute atomic E-state index is 0.0787. The summed E-state index contributed by atoms with van der Waals surface area (Å²) in [4.78, 5) is 8.05. The van der Waals surface area contributed by atoms with Crippen molar-refractivity contribution < 1.29 is 18.3 Å². The standard InChI is InChI=1S/C14H12F3N3O/c15-14(16,17)10-3-1-9(2-4-10)7-12-13(11(18)8-21)20-6-5-19-12/h1-6,18,21H,7-8H2. The van der Waals surface area contributed by atoms with Crippen LogP contribution in [0.15, 0.2) is 36.7 Å². The van der Waals surface area contributed by atoms with Crippen LogP contribution < -0.4 is 0 Å². The number of rotatable bonds is 4. The number of benzene rings is 1. The van der Waals surface area contributed by atoms with Gasteiger partial charge in [0.25, 0.3) is 0 Å². The number of alkyl halides is 3. The van der Waals surface area contributed by atoms with E-state index < -0.39 is 18.3 Å². The van der Waals surface area contributed by atoms with Gasteiger partial charge in [0.1, 0.15) is 5.69 Å². The minimum Gasteiger partial charge on any atom is -0.390 e. The minimum atomic E-state index is -4.37. The third-order valence-electron chi connectivity index (χ3n) is 2.87. The third kappa shape index (κ3) is 3.63. The number of hydrogen-bond donors (Lipinski definition) is 2. The van der Waals surface area contributed by atoms with Crippen LogP contribution in [-0.4, -0.2) is 27.4 Å². The second kappa shape index (κ2) is 6.01. The molecule has 0 spiro atoms. The number of nitrogens with one attached hydrogen (secondary N) is 1. The quantitative estimate of drug-likeness (QED) is 0.851. The largest absolute Gasteiger partial charge is 0.416 e. The van der Waals surface area contributed by atoms with Gasteiger partial charge in [-0.1, -0.05) is 12.1 Å². The second-order valence-electron chi connectivity index (χ2n) is 4.36. The summed E-state index contributed by atoms with van der Waals surface area (Å²) in [6.07, 6.45) is -1.29. The Morgan fingerprint density at radius 3 is 2.29 bits per heavy atom. The maximum Gasteiger partial charge on any atom is 0.416 e. The molecule has 0 bridgehead atoms. The summed E-state index contributed by atoms with van der Waals surface area (Å²) in [7, 11) is 0. The van der Waals surface area contributed by atoms with E-state index in [-0.39, 0.29) is 17.8 Å². The van der Waals surface area contributed by atoms with E-state index in [1.807, 2.05) is 0 Å². The van der Waals surface area contributed by atoms with Gasteiger partial charge in [-0.2, -0.15) is 13.2 Å². The van der Waals surface area contributed by atoms with Crippen LogP contribution in [0.25, 0.3) is 0 Å². The summed E-state index contributed by atoms with van der Waals surface area (Å²) >= 11 is 0. The molecule has 7 heteroatoms. The first-order valence-corrected chi connectivity index (χ1v) is 6.06. The van der Waals surface area contributed by atoms with Gasteiger partial charge in [0.2, 0.25) is 0 Å². The SMILES string of the molecule is N=C(CO)c1nccnc1Cc1ccc(C(F)(F)F)cc1. The lowest BCUT2D eigenvalue weighted by atomic mass is 10.0. The van der Waals surface area contributed by atoms with Crippen molar-refractivity contribution in [3.63, 3.8) is 0 Å². The number of hydrogen-bond acceptors (Lipinski definition) is 4. The van der Waals surface area contributed by atoms with E-state index in [1.165, 1.54) is 24.5 Å². The highest BCUT2D eigenvalue weighted by Gasteiger charge is 2.29. The fourth-order valence-corrected chi connectivity index (χ4v) is 1.83. The third-order valence-corrected chi connectivity index (χ3v) is 2.87. The Kier molecular flexibility index (Phi) is 4.32. The predicted molar refractivity (Wildman–Crippen MR) is 70.2 cm³/mol. The van der Waals surface area contributed by atoms with Crippen LogP contribution in [0.3, 0.4) is 0 Å². The van der Waals surface area contributed by atoms with Crippen molar-refractivity contribution in [1.82, 2.24) is 9.97 Å². The maximum atomic E-state index is 12.5. The fourth-order valence-electron chi connectivity index (χ4n) is 1.83. The molecule has 2 rings (SSSR count). The van der Waals surface area contributed by atoms with Gasteiger partial charge < -0.3 is 10.5 Å². The van der Waals surface area contributed by atoms with Crippen LogP contribution in [0.1, 0.15) is 22.5 Å². The average Bonchev–Trinajstić information content (AvgIpc) is 2.46. The molecule has 1 heterocycles. The van der Waals surface area contributed by atoms with Gasteiger partial charge in [0, 0.05) is 18.8 Å². The monoisotopic (exact) mass is 295 g/mol. The molecule has 0 fully saturated rings. The summed E-state index contributed by atoms with van der Waals surface area (Å²) in [5.74, 6) is 0. The molecule has 0 atom stereocenters. The zero-order valence-corrected chi connectivity index (χ0v) is 10.9. The summed E-state index contributed by atoms with van der Waals surface area (Å²) in [5, 5.41) is 16.6. The van der Waals surface area contributed by atoms with Crippen molar-refractivity contribution in [3.8, 4) is 0 Å². The summed E-state index contributed by atoms with van der Waals surface area (Å²) in [6.45, 7) is -0.474. The zero-order chi connectivity index (χ0) is 15.5. The molecule has 0 unspecified atom stereocenters. The highest BCUT2D eigenvalue weighted by Crippen LogP contribution is 2.29. The molecular formula is C14H12F3N3O.